The molecule has 98 valence electrons. The molecule has 0 unspecified atom stereocenters. The number of nitrogens with zero attached hydrogens (tertiary/aromatic N) is 1. The summed E-state index contributed by atoms with van der Waals surface area (Å²) in [6, 6.07) is 0. The van der Waals surface area contributed by atoms with Crippen molar-refractivity contribution in [1.82, 2.24) is 4.90 Å². The molecule has 1 atom stereocenters. The van der Waals surface area contributed by atoms with E-state index in [2.05, 4.69) is 0 Å². The molecule has 2 fully saturated rings. The van der Waals surface area contributed by atoms with Gasteiger partial charge in [-0.3, -0.25) is 4.90 Å². The van der Waals surface area contributed by atoms with Gasteiger partial charge in [-0.1, -0.05) is 0 Å². The molecule has 1 amide bonds. The molecule has 0 aromatic rings. The van der Waals surface area contributed by atoms with Crippen molar-refractivity contribution in [2.24, 2.45) is 0 Å². The van der Waals surface area contributed by atoms with Crippen LogP contribution in [0.1, 0.15) is 33.6 Å². The van der Waals surface area contributed by atoms with Crippen molar-refractivity contribution in [2.75, 3.05) is 19.8 Å². The van der Waals surface area contributed by atoms with Gasteiger partial charge in [0.15, 0.2) is 0 Å². The Balaban J connectivity index is 2.03. The van der Waals surface area contributed by atoms with Crippen LogP contribution in [0.15, 0.2) is 0 Å². The largest absolute Gasteiger partial charge is 0.444 e. The number of morpholine rings is 1. The first kappa shape index (κ1) is 12.6. The Morgan fingerprint density at radius 1 is 1.53 bits per heavy atom. The molecule has 17 heavy (non-hydrogen) atoms. The Morgan fingerprint density at radius 3 is 2.65 bits per heavy atom. The van der Waals surface area contributed by atoms with Gasteiger partial charge in [-0.05, 0) is 33.6 Å². The van der Waals surface area contributed by atoms with E-state index < -0.39 is 5.60 Å². The summed E-state index contributed by atoms with van der Waals surface area (Å²) < 4.78 is 10.9. The van der Waals surface area contributed by atoms with Gasteiger partial charge in [-0.15, -0.1) is 0 Å². The van der Waals surface area contributed by atoms with E-state index in [1.165, 1.54) is 0 Å². The molecule has 0 aromatic heterocycles. The molecular formula is C12H21NO4. The minimum absolute atomic E-state index is 0.0601. The normalized spacial score (nSPS) is 27.1. The summed E-state index contributed by atoms with van der Waals surface area (Å²) in [6.07, 6.45) is 1.35. The minimum atomic E-state index is -0.486. The molecule has 5 nitrogen and oxygen atoms in total. The fourth-order valence-electron chi connectivity index (χ4n) is 2.06. The molecule has 1 heterocycles. The summed E-state index contributed by atoms with van der Waals surface area (Å²) >= 11 is 0. The van der Waals surface area contributed by atoms with Crippen LogP contribution in [0, 0.1) is 0 Å². The van der Waals surface area contributed by atoms with E-state index in [4.69, 9.17) is 14.6 Å². The number of aliphatic hydroxyl groups is 1. The standard InChI is InChI=1S/C12H21NO4/c1-11(2,3)17-10(15)13-6-9(7-14)16-8-12(13)4-5-12/h9,14H,4-8H2,1-3H3/t9-/m1/s1. The van der Waals surface area contributed by atoms with Crippen LogP contribution in [0.5, 0.6) is 0 Å². The molecule has 0 radical (unpaired) electrons. The van der Waals surface area contributed by atoms with Gasteiger partial charge in [0, 0.05) is 0 Å². The Bertz CT molecular complexity index is 306. The molecular weight excluding hydrogens is 222 g/mol. The zero-order valence-electron chi connectivity index (χ0n) is 10.7. The van der Waals surface area contributed by atoms with E-state index >= 15 is 0 Å². The van der Waals surface area contributed by atoms with Crippen LogP contribution in [0.25, 0.3) is 0 Å². The Labute approximate surface area is 102 Å². The maximum absolute atomic E-state index is 12.1. The van der Waals surface area contributed by atoms with Crippen molar-refractivity contribution >= 4 is 6.09 Å². The van der Waals surface area contributed by atoms with E-state index in [1.54, 1.807) is 4.90 Å². The summed E-state index contributed by atoms with van der Waals surface area (Å²) in [5, 5.41) is 9.11. The molecule has 2 aliphatic rings. The van der Waals surface area contributed by atoms with Gasteiger partial charge in [0.2, 0.25) is 0 Å². The van der Waals surface area contributed by atoms with Gasteiger partial charge < -0.3 is 14.6 Å². The third kappa shape index (κ3) is 2.72. The van der Waals surface area contributed by atoms with Crippen molar-refractivity contribution in [2.45, 2.75) is 50.9 Å². The maximum Gasteiger partial charge on any atom is 0.410 e. The Hall–Kier alpha value is -0.810. The van der Waals surface area contributed by atoms with Crippen LogP contribution in [-0.4, -0.2) is 53.1 Å². The average molecular weight is 243 g/mol. The highest BCUT2D eigenvalue weighted by molar-refractivity contribution is 5.70. The van der Waals surface area contributed by atoms with Crippen LogP contribution in [0.4, 0.5) is 4.79 Å². The van der Waals surface area contributed by atoms with Crippen molar-refractivity contribution in [3.05, 3.63) is 0 Å². The van der Waals surface area contributed by atoms with E-state index in [1.807, 2.05) is 20.8 Å². The third-order valence-corrected chi connectivity index (χ3v) is 3.19. The SMILES string of the molecule is CC(C)(C)OC(=O)N1C[C@H](CO)OCC12CC2. The second-order valence-corrected chi connectivity index (χ2v) is 5.93. The van der Waals surface area contributed by atoms with Gasteiger partial charge in [0.05, 0.1) is 31.4 Å². The fourth-order valence-corrected chi connectivity index (χ4v) is 2.06. The number of hydrogen-bond acceptors (Lipinski definition) is 4. The molecule has 2 rings (SSSR count). The molecule has 1 saturated carbocycles. The number of rotatable bonds is 1. The van der Waals surface area contributed by atoms with Gasteiger partial charge in [0.25, 0.3) is 0 Å². The van der Waals surface area contributed by atoms with Crippen LogP contribution >= 0.6 is 0 Å². The molecule has 1 aliphatic heterocycles. The maximum atomic E-state index is 12.1. The number of carbonyl (C=O) groups excluding carboxylic acids is 1. The summed E-state index contributed by atoms with van der Waals surface area (Å²) in [6.45, 7) is 6.44. The lowest BCUT2D eigenvalue weighted by molar-refractivity contribution is -0.0926. The number of hydrogen-bond donors (Lipinski definition) is 1. The highest BCUT2D eigenvalue weighted by atomic mass is 16.6. The Morgan fingerprint density at radius 2 is 2.18 bits per heavy atom. The van der Waals surface area contributed by atoms with Gasteiger partial charge in [-0.2, -0.15) is 0 Å². The zero-order valence-corrected chi connectivity index (χ0v) is 10.7. The molecule has 1 spiro atoms. The second-order valence-electron chi connectivity index (χ2n) is 5.93. The fraction of sp³-hybridized carbons (Fsp3) is 0.917. The lowest BCUT2D eigenvalue weighted by atomic mass is 10.1. The Kier molecular flexibility index (Phi) is 3.08. The lowest BCUT2D eigenvalue weighted by Crippen LogP contribution is -2.56. The molecule has 0 bridgehead atoms. The number of amides is 1. The molecule has 1 N–H and O–H groups in total. The first-order chi connectivity index (χ1) is 7.86. The van der Waals surface area contributed by atoms with E-state index in [0.717, 1.165) is 12.8 Å². The summed E-state index contributed by atoms with van der Waals surface area (Å²) in [4.78, 5) is 13.8. The lowest BCUT2D eigenvalue weighted by Gasteiger charge is -2.40. The topological polar surface area (TPSA) is 59.0 Å². The van der Waals surface area contributed by atoms with Crippen molar-refractivity contribution in [3.8, 4) is 0 Å². The number of ether oxygens (including phenoxy) is 2. The highest BCUT2D eigenvalue weighted by Gasteiger charge is 2.54. The predicted octanol–water partition coefficient (Wildman–Crippen LogP) is 1.15. The van der Waals surface area contributed by atoms with Gasteiger partial charge in [0.1, 0.15) is 5.60 Å². The summed E-state index contributed by atoms with van der Waals surface area (Å²) in [5.41, 5.74) is -0.645. The first-order valence-corrected chi connectivity index (χ1v) is 6.09. The summed E-state index contributed by atoms with van der Waals surface area (Å²) in [5.74, 6) is 0. The van der Waals surface area contributed by atoms with Crippen molar-refractivity contribution < 1.29 is 19.4 Å². The first-order valence-electron chi connectivity index (χ1n) is 6.09. The quantitative estimate of drug-likeness (QED) is 0.750. The van der Waals surface area contributed by atoms with Crippen LogP contribution in [0.2, 0.25) is 0 Å². The summed E-state index contributed by atoms with van der Waals surface area (Å²) in [7, 11) is 0. The molecule has 0 aromatic carbocycles. The molecule has 1 aliphatic carbocycles. The van der Waals surface area contributed by atoms with Gasteiger partial charge in [-0.25, -0.2) is 4.79 Å². The smallest absolute Gasteiger partial charge is 0.410 e. The van der Waals surface area contributed by atoms with E-state index in [-0.39, 0.29) is 24.3 Å². The third-order valence-electron chi connectivity index (χ3n) is 3.19. The number of carbonyl (C=O) groups is 1. The van der Waals surface area contributed by atoms with Crippen LogP contribution in [0.3, 0.4) is 0 Å². The second kappa shape index (κ2) is 4.14. The van der Waals surface area contributed by atoms with E-state index in [0.29, 0.717) is 13.2 Å². The van der Waals surface area contributed by atoms with Crippen molar-refractivity contribution in [3.63, 3.8) is 0 Å². The average Bonchev–Trinajstić information content (AvgIpc) is 2.97. The van der Waals surface area contributed by atoms with Crippen LogP contribution < -0.4 is 0 Å². The highest BCUT2D eigenvalue weighted by Crippen LogP contribution is 2.45. The molecule has 5 heteroatoms. The van der Waals surface area contributed by atoms with Crippen LogP contribution in [-0.2, 0) is 9.47 Å². The van der Waals surface area contributed by atoms with Gasteiger partial charge >= 0.3 is 6.09 Å². The molecule has 1 saturated heterocycles. The minimum Gasteiger partial charge on any atom is -0.444 e. The monoisotopic (exact) mass is 243 g/mol. The predicted molar refractivity (Wildman–Crippen MR) is 61.7 cm³/mol. The van der Waals surface area contributed by atoms with Crippen molar-refractivity contribution in [1.29, 1.82) is 0 Å². The zero-order chi connectivity index (χ0) is 12.7. The van der Waals surface area contributed by atoms with E-state index in [9.17, 15) is 4.79 Å². The number of aliphatic hydroxyl groups excluding tert-OH is 1.